The Bertz CT molecular complexity index is 676. The van der Waals surface area contributed by atoms with Crippen LogP contribution >= 0.6 is 0 Å². The third-order valence-electron chi connectivity index (χ3n) is 2.54. The Morgan fingerprint density at radius 1 is 1.22 bits per heavy atom. The predicted molar refractivity (Wildman–Crippen MR) is 67.8 cm³/mol. The standard InChI is InChI=1S/C11H14N4O2S/c1-7-4-5-10(8(2)13-7)15-18(16,17)11-6-12-14-9(11)3/h4-6,15H,1-3H3,(H,12,14). The molecule has 0 aliphatic heterocycles. The van der Waals surface area contributed by atoms with E-state index in [0.29, 0.717) is 17.1 Å². The fraction of sp³-hybridized carbons (Fsp3) is 0.273. The zero-order valence-corrected chi connectivity index (χ0v) is 11.2. The van der Waals surface area contributed by atoms with Crippen molar-refractivity contribution in [2.24, 2.45) is 0 Å². The van der Waals surface area contributed by atoms with Gasteiger partial charge in [-0.25, -0.2) is 8.42 Å². The number of nitrogens with zero attached hydrogens (tertiary/aromatic N) is 2. The molecule has 2 aromatic rings. The molecular formula is C11H14N4O2S. The number of hydrogen-bond acceptors (Lipinski definition) is 4. The summed E-state index contributed by atoms with van der Waals surface area (Å²) in [6.45, 7) is 5.26. The van der Waals surface area contributed by atoms with E-state index < -0.39 is 10.0 Å². The van der Waals surface area contributed by atoms with E-state index in [9.17, 15) is 8.42 Å². The fourth-order valence-corrected chi connectivity index (χ4v) is 2.86. The van der Waals surface area contributed by atoms with Crippen LogP contribution in [0.2, 0.25) is 0 Å². The first-order valence-corrected chi connectivity index (χ1v) is 6.85. The highest BCUT2D eigenvalue weighted by atomic mass is 32.2. The Morgan fingerprint density at radius 3 is 2.50 bits per heavy atom. The maximum Gasteiger partial charge on any atom is 0.265 e. The second-order valence-electron chi connectivity index (χ2n) is 4.05. The van der Waals surface area contributed by atoms with E-state index in [4.69, 9.17) is 0 Å². The van der Waals surface area contributed by atoms with E-state index in [1.807, 2.05) is 6.92 Å². The van der Waals surface area contributed by atoms with Crippen molar-refractivity contribution in [2.45, 2.75) is 25.7 Å². The number of pyridine rings is 1. The zero-order valence-electron chi connectivity index (χ0n) is 10.4. The molecule has 2 aromatic heterocycles. The normalized spacial score (nSPS) is 11.5. The van der Waals surface area contributed by atoms with Crippen LogP contribution in [0.5, 0.6) is 0 Å². The number of hydrogen-bond donors (Lipinski definition) is 2. The van der Waals surface area contributed by atoms with Gasteiger partial charge in [-0.3, -0.25) is 14.8 Å². The van der Waals surface area contributed by atoms with Crippen molar-refractivity contribution < 1.29 is 8.42 Å². The van der Waals surface area contributed by atoms with Gasteiger partial charge < -0.3 is 0 Å². The number of H-pyrrole nitrogens is 1. The predicted octanol–water partition coefficient (Wildman–Crippen LogP) is 1.53. The van der Waals surface area contributed by atoms with E-state index in [-0.39, 0.29) is 4.90 Å². The number of aromatic nitrogens is 3. The lowest BCUT2D eigenvalue weighted by Gasteiger charge is -2.09. The molecule has 2 N–H and O–H groups in total. The quantitative estimate of drug-likeness (QED) is 0.881. The van der Waals surface area contributed by atoms with Crippen LogP contribution in [0.25, 0.3) is 0 Å². The van der Waals surface area contributed by atoms with Crippen LogP contribution in [0.3, 0.4) is 0 Å². The highest BCUT2D eigenvalue weighted by molar-refractivity contribution is 7.92. The minimum Gasteiger partial charge on any atom is -0.281 e. The van der Waals surface area contributed by atoms with Crippen LogP contribution < -0.4 is 4.72 Å². The number of anilines is 1. The van der Waals surface area contributed by atoms with Crippen LogP contribution in [0.15, 0.2) is 23.2 Å². The van der Waals surface area contributed by atoms with Gasteiger partial charge in [0.2, 0.25) is 0 Å². The van der Waals surface area contributed by atoms with Gasteiger partial charge in [0.1, 0.15) is 4.90 Å². The summed E-state index contributed by atoms with van der Waals surface area (Å²) in [5, 5.41) is 6.31. The lowest BCUT2D eigenvalue weighted by Crippen LogP contribution is -2.14. The average Bonchev–Trinajstić information content (AvgIpc) is 2.69. The average molecular weight is 266 g/mol. The molecule has 0 atom stereocenters. The molecule has 2 rings (SSSR count). The highest BCUT2D eigenvalue weighted by Crippen LogP contribution is 2.19. The molecule has 0 saturated carbocycles. The summed E-state index contributed by atoms with van der Waals surface area (Å²) in [6, 6.07) is 3.46. The summed E-state index contributed by atoms with van der Waals surface area (Å²) in [5.74, 6) is 0. The van der Waals surface area contributed by atoms with Crippen molar-refractivity contribution in [3.8, 4) is 0 Å². The number of aryl methyl sites for hydroxylation is 3. The van der Waals surface area contributed by atoms with Gasteiger partial charge in [-0.1, -0.05) is 0 Å². The summed E-state index contributed by atoms with van der Waals surface area (Å²) < 4.78 is 26.8. The molecule has 0 saturated heterocycles. The van der Waals surface area contributed by atoms with Crippen molar-refractivity contribution in [1.29, 1.82) is 0 Å². The summed E-state index contributed by atoms with van der Waals surface area (Å²) in [5.41, 5.74) is 2.45. The molecule has 0 aromatic carbocycles. The van der Waals surface area contributed by atoms with E-state index in [0.717, 1.165) is 5.69 Å². The molecule has 2 heterocycles. The topological polar surface area (TPSA) is 87.7 Å². The molecule has 0 bridgehead atoms. The van der Waals surface area contributed by atoms with Crippen LogP contribution in [0, 0.1) is 20.8 Å². The lowest BCUT2D eigenvalue weighted by molar-refractivity contribution is 0.600. The van der Waals surface area contributed by atoms with E-state index >= 15 is 0 Å². The minimum atomic E-state index is -3.62. The smallest absolute Gasteiger partial charge is 0.265 e. The molecule has 0 spiro atoms. The third-order valence-corrected chi connectivity index (χ3v) is 4.02. The first kappa shape index (κ1) is 12.6. The van der Waals surface area contributed by atoms with E-state index in [1.54, 1.807) is 26.0 Å². The van der Waals surface area contributed by atoms with Crippen LogP contribution in [0.1, 0.15) is 17.1 Å². The lowest BCUT2D eigenvalue weighted by atomic mass is 10.3. The molecule has 18 heavy (non-hydrogen) atoms. The van der Waals surface area contributed by atoms with Gasteiger partial charge in [0, 0.05) is 5.69 Å². The summed E-state index contributed by atoms with van der Waals surface area (Å²) in [7, 11) is -3.62. The third kappa shape index (κ3) is 2.35. The van der Waals surface area contributed by atoms with Crippen LogP contribution in [-0.4, -0.2) is 23.6 Å². The van der Waals surface area contributed by atoms with Gasteiger partial charge in [-0.15, -0.1) is 0 Å². The van der Waals surface area contributed by atoms with Crippen molar-refractivity contribution in [3.05, 3.63) is 35.4 Å². The molecule has 96 valence electrons. The molecular weight excluding hydrogens is 252 g/mol. The molecule has 0 aliphatic carbocycles. The largest absolute Gasteiger partial charge is 0.281 e. The number of aromatic amines is 1. The molecule has 0 unspecified atom stereocenters. The Hall–Kier alpha value is -1.89. The molecule has 0 amide bonds. The summed E-state index contributed by atoms with van der Waals surface area (Å²) >= 11 is 0. The Morgan fingerprint density at radius 2 is 1.94 bits per heavy atom. The van der Waals surface area contributed by atoms with Gasteiger partial charge in [0.15, 0.2) is 0 Å². The number of nitrogens with one attached hydrogen (secondary N) is 2. The van der Waals surface area contributed by atoms with Gasteiger partial charge in [-0.2, -0.15) is 5.10 Å². The first-order chi connectivity index (χ1) is 8.40. The van der Waals surface area contributed by atoms with Crippen LogP contribution in [0.4, 0.5) is 5.69 Å². The van der Waals surface area contributed by atoms with E-state index in [2.05, 4.69) is 19.9 Å². The number of rotatable bonds is 3. The van der Waals surface area contributed by atoms with Crippen molar-refractivity contribution in [1.82, 2.24) is 15.2 Å². The van der Waals surface area contributed by atoms with Gasteiger partial charge >= 0.3 is 0 Å². The molecule has 0 aliphatic rings. The van der Waals surface area contributed by atoms with Crippen molar-refractivity contribution >= 4 is 15.7 Å². The highest BCUT2D eigenvalue weighted by Gasteiger charge is 2.19. The minimum absolute atomic E-state index is 0.141. The maximum absolute atomic E-state index is 12.1. The first-order valence-electron chi connectivity index (χ1n) is 5.37. The SMILES string of the molecule is Cc1ccc(NS(=O)(=O)c2cn[nH]c2C)c(C)n1. The fourth-order valence-electron chi connectivity index (χ4n) is 1.60. The van der Waals surface area contributed by atoms with Crippen molar-refractivity contribution in [3.63, 3.8) is 0 Å². The van der Waals surface area contributed by atoms with Gasteiger partial charge in [0.25, 0.3) is 10.0 Å². The Balaban J connectivity index is 2.37. The Labute approximate surface area is 106 Å². The molecule has 0 fully saturated rings. The van der Waals surface area contributed by atoms with E-state index in [1.165, 1.54) is 6.20 Å². The summed E-state index contributed by atoms with van der Waals surface area (Å²) in [6.07, 6.45) is 1.29. The second-order valence-corrected chi connectivity index (χ2v) is 5.70. The van der Waals surface area contributed by atoms with Gasteiger partial charge in [0.05, 0.1) is 23.3 Å². The molecule has 6 nitrogen and oxygen atoms in total. The number of sulfonamides is 1. The Kier molecular flexibility index (Phi) is 3.08. The van der Waals surface area contributed by atoms with Gasteiger partial charge in [-0.05, 0) is 32.9 Å². The second kappa shape index (κ2) is 4.41. The molecule has 7 heteroatoms. The molecule has 0 radical (unpaired) electrons. The summed E-state index contributed by atoms with van der Waals surface area (Å²) in [4.78, 5) is 4.35. The van der Waals surface area contributed by atoms with Crippen molar-refractivity contribution in [2.75, 3.05) is 4.72 Å². The van der Waals surface area contributed by atoms with Crippen LogP contribution in [-0.2, 0) is 10.0 Å². The monoisotopic (exact) mass is 266 g/mol. The maximum atomic E-state index is 12.1. The zero-order chi connectivity index (χ0) is 13.3.